The van der Waals surface area contributed by atoms with Crippen LogP contribution in [0.25, 0.3) is 0 Å². The Labute approximate surface area is 106 Å². The molecule has 0 saturated carbocycles. The fraction of sp³-hybridized carbons (Fsp3) is 0.500. The highest BCUT2D eigenvalue weighted by Crippen LogP contribution is 2.23. The Morgan fingerprint density at radius 3 is 2.89 bits per heavy atom. The van der Waals surface area contributed by atoms with Crippen molar-refractivity contribution in [2.75, 3.05) is 26.1 Å². The predicted molar refractivity (Wildman–Crippen MR) is 66.4 cm³/mol. The van der Waals surface area contributed by atoms with Gasteiger partial charge in [0.1, 0.15) is 5.69 Å². The average Bonchev–Trinajstić information content (AvgIpc) is 2.39. The summed E-state index contributed by atoms with van der Waals surface area (Å²) in [4.78, 5) is 15.4. The van der Waals surface area contributed by atoms with Gasteiger partial charge in [-0.25, -0.2) is 9.78 Å². The number of carbonyl (C=O) groups is 1. The molecule has 1 aromatic rings. The highest BCUT2D eigenvalue weighted by atomic mass is 16.5. The van der Waals surface area contributed by atoms with Crippen molar-refractivity contribution in [1.82, 2.24) is 4.98 Å². The number of pyridine rings is 1. The number of aromatic nitrogens is 1. The molecule has 0 spiro atoms. The normalized spacial score (nSPS) is 10.1. The lowest BCUT2D eigenvalue weighted by molar-refractivity contribution is 0.0601. The van der Waals surface area contributed by atoms with Crippen LogP contribution in [0.4, 0.5) is 5.69 Å². The van der Waals surface area contributed by atoms with E-state index in [4.69, 9.17) is 15.6 Å². The summed E-state index contributed by atoms with van der Waals surface area (Å²) in [6, 6.07) is 1.49. The van der Waals surface area contributed by atoms with Crippen molar-refractivity contribution in [1.29, 1.82) is 0 Å². The van der Waals surface area contributed by atoms with Crippen LogP contribution in [0, 0.1) is 0 Å². The lowest BCUT2D eigenvalue weighted by Gasteiger charge is -2.09. The maximum atomic E-state index is 11.4. The van der Waals surface area contributed by atoms with Crippen molar-refractivity contribution in [3.8, 4) is 5.88 Å². The van der Waals surface area contributed by atoms with Crippen LogP contribution in [0.3, 0.4) is 0 Å². The molecule has 6 heteroatoms. The van der Waals surface area contributed by atoms with Crippen LogP contribution in [0.1, 0.15) is 29.6 Å². The van der Waals surface area contributed by atoms with Crippen LogP contribution < -0.4 is 10.5 Å². The molecule has 0 bridgehead atoms. The first-order valence-corrected chi connectivity index (χ1v) is 5.77. The zero-order valence-electron chi connectivity index (χ0n) is 10.4. The minimum atomic E-state index is -0.514. The Morgan fingerprint density at radius 2 is 2.22 bits per heavy atom. The average molecular weight is 254 g/mol. The number of nitrogen functional groups attached to an aromatic ring is 1. The van der Waals surface area contributed by atoms with Gasteiger partial charge in [-0.1, -0.05) is 0 Å². The van der Waals surface area contributed by atoms with Crippen LogP contribution in [-0.2, 0) is 4.74 Å². The number of aliphatic hydroxyl groups excluding tert-OH is 1. The molecule has 0 aliphatic heterocycles. The van der Waals surface area contributed by atoms with Gasteiger partial charge >= 0.3 is 5.97 Å². The number of hydrogen-bond donors (Lipinski definition) is 2. The Bertz CT molecular complexity index is 396. The van der Waals surface area contributed by atoms with Gasteiger partial charge in [-0.3, -0.25) is 0 Å². The fourth-order valence-corrected chi connectivity index (χ4v) is 1.42. The highest BCUT2D eigenvalue weighted by molar-refractivity contribution is 5.95. The Kier molecular flexibility index (Phi) is 5.93. The van der Waals surface area contributed by atoms with Gasteiger partial charge in [-0.15, -0.1) is 0 Å². The van der Waals surface area contributed by atoms with Crippen LogP contribution >= 0.6 is 0 Å². The third-order valence-electron chi connectivity index (χ3n) is 2.40. The zero-order valence-corrected chi connectivity index (χ0v) is 10.4. The van der Waals surface area contributed by atoms with E-state index in [9.17, 15) is 4.79 Å². The van der Waals surface area contributed by atoms with Gasteiger partial charge in [-0.05, 0) is 25.3 Å². The highest BCUT2D eigenvalue weighted by Gasteiger charge is 2.14. The zero-order chi connectivity index (χ0) is 13.4. The number of hydrogen-bond acceptors (Lipinski definition) is 6. The molecule has 0 amide bonds. The molecule has 0 radical (unpaired) electrons. The van der Waals surface area contributed by atoms with E-state index in [1.807, 2.05) is 0 Å². The van der Waals surface area contributed by atoms with Gasteiger partial charge in [0.05, 0.1) is 19.3 Å². The Balaban J connectivity index is 2.58. The van der Waals surface area contributed by atoms with Gasteiger partial charge in [0.25, 0.3) is 0 Å². The molecule has 0 atom stereocenters. The molecule has 0 fully saturated rings. The second kappa shape index (κ2) is 7.50. The molecule has 6 nitrogen and oxygen atoms in total. The third-order valence-corrected chi connectivity index (χ3v) is 2.40. The van der Waals surface area contributed by atoms with Crippen molar-refractivity contribution < 1.29 is 19.4 Å². The van der Waals surface area contributed by atoms with Gasteiger partial charge in [0.15, 0.2) is 0 Å². The van der Waals surface area contributed by atoms with E-state index in [-0.39, 0.29) is 23.7 Å². The number of methoxy groups -OCH3 is 1. The quantitative estimate of drug-likeness (QED) is 0.556. The number of anilines is 1. The molecule has 100 valence electrons. The molecule has 0 aliphatic carbocycles. The number of aliphatic hydroxyl groups is 1. The number of esters is 1. The van der Waals surface area contributed by atoms with E-state index < -0.39 is 5.97 Å². The molecule has 0 saturated heterocycles. The molecule has 0 unspecified atom stereocenters. The van der Waals surface area contributed by atoms with Crippen LogP contribution in [-0.4, -0.2) is 36.4 Å². The summed E-state index contributed by atoms with van der Waals surface area (Å²) in [5.74, 6) is -0.276. The van der Waals surface area contributed by atoms with Crippen molar-refractivity contribution in [3.63, 3.8) is 0 Å². The Hall–Kier alpha value is -1.82. The molecular formula is C12H18N2O4. The second-order valence-corrected chi connectivity index (χ2v) is 3.70. The number of carbonyl (C=O) groups excluding carboxylic acids is 1. The summed E-state index contributed by atoms with van der Waals surface area (Å²) >= 11 is 0. The van der Waals surface area contributed by atoms with Gasteiger partial charge in [0, 0.05) is 12.8 Å². The maximum absolute atomic E-state index is 11.4. The number of nitrogens with zero attached hydrogens (tertiary/aromatic N) is 1. The molecule has 1 rings (SSSR count). The minimum absolute atomic E-state index is 0.179. The summed E-state index contributed by atoms with van der Waals surface area (Å²) < 4.78 is 9.99. The third kappa shape index (κ3) is 3.89. The first-order valence-electron chi connectivity index (χ1n) is 5.77. The van der Waals surface area contributed by atoms with Crippen molar-refractivity contribution in [3.05, 3.63) is 17.8 Å². The smallest absolute Gasteiger partial charge is 0.340 e. The van der Waals surface area contributed by atoms with Gasteiger partial charge < -0.3 is 20.3 Å². The lowest BCUT2D eigenvalue weighted by Crippen LogP contribution is -2.09. The van der Waals surface area contributed by atoms with E-state index in [0.29, 0.717) is 6.61 Å². The van der Waals surface area contributed by atoms with Crippen molar-refractivity contribution >= 4 is 11.7 Å². The van der Waals surface area contributed by atoms with E-state index in [1.54, 1.807) is 0 Å². The van der Waals surface area contributed by atoms with E-state index in [2.05, 4.69) is 9.72 Å². The fourth-order valence-electron chi connectivity index (χ4n) is 1.42. The number of rotatable bonds is 7. The van der Waals surface area contributed by atoms with E-state index in [0.717, 1.165) is 19.3 Å². The van der Waals surface area contributed by atoms with E-state index >= 15 is 0 Å². The summed E-state index contributed by atoms with van der Waals surface area (Å²) in [5, 5.41) is 8.63. The molecule has 3 N–H and O–H groups in total. The molecule has 18 heavy (non-hydrogen) atoms. The van der Waals surface area contributed by atoms with Gasteiger partial charge in [-0.2, -0.15) is 0 Å². The number of nitrogens with two attached hydrogens (primary N) is 1. The molecule has 1 aromatic heterocycles. The summed E-state index contributed by atoms with van der Waals surface area (Å²) in [6.45, 7) is 0.625. The molecule has 0 aromatic carbocycles. The topological polar surface area (TPSA) is 94.7 Å². The molecular weight excluding hydrogens is 236 g/mol. The Morgan fingerprint density at radius 1 is 1.44 bits per heavy atom. The summed E-state index contributed by atoms with van der Waals surface area (Å²) in [7, 11) is 1.29. The minimum Gasteiger partial charge on any atom is -0.476 e. The SMILES string of the molecule is COC(=O)c1ccnc(OCCCCCO)c1N. The predicted octanol–water partition coefficient (Wildman–Crippen LogP) is 0.992. The molecule has 0 aliphatic rings. The molecule has 1 heterocycles. The van der Waals surface area contributed by atoms with E-state index in [1.165, 1.54) is 19.4 Å². The summed E-state index contributed by atoms with van der Waals surface area (Å²) in [5.41, 5.74) is 6.21. The number of unbranched alkanes of at least 4 members (excludes halogenated alkanes) is 2. The maximum Gasteiger partial charge on any atom is 0.340 e. The largest absolute Gasteiger partial charge is 0.476 e. The second-order valence-electron chi connectivity index (χ2n) is 3.70. The van der Waals surface area contributed by atoms with Crippen LogP contribution in [0.2, 0.25) is 0 Å². The first kappa shape index (κ1) is 14.2. The van der Waals surface area contributed by atoms with Crippen LogP contribution in [0.15, 0.2) is 12.3 Å². The van der Waals surface area contributed by atoms with Gasteiger partial charge in [0.2, 0.25) is 5.88 Å². The monoisotopic (exact) mass is 254 g/mol. The van der Waals surface area contributed by atoms with Crippen molar-refractivity contribution in [2.45, 2.75) is 19.3 Å². The summed E-state index contributed by atoms with van der Waals surface area (Å²) in [6.07, 6.45) is 3.86. The standard InChI is InChI=1S/C12H18N2O4/c1-17-12(16)9-5-6-14-11(10(9)13)18-8-4-2-3-7-15/h5-6,15H,2-4,7-8,13H2,1H3. The first-order chi connectivity index (χ1) is 8.70. The lowest BCUT2D eigenvalue weighted by atomic mass is 10.2. The van der Waals surface area contributed by atoms with Crippen molar-refractivity contribution in [2.24, 2.45) is 0 Å². The number of ether oxygens (including phenoxy) is 2. The van der Waals surface area contributed by atoms with Crippen LogP contribution in [0.5, 0.6) is 5.88 Å².